The van der Waals surface area contributed by atoms with E-state index in [1.807, 2.05) is 28.9 Å². The molecule has 0 saturated carbocycles. The molecule has 20 heavy (non-hydrogen) atoms. The van der Waals surface area contributed by atoms with Gasteiger partial charge in [0.15, 0.2) is 5.76 Å². The number of aromatic nitrogens is 2. The third kappa shape index (κ3) is 2.74. The van der Waals surface area contributed by atoms with Gasteiger partial charge in [-0.15, -0.1) is 0 Å². The Morgan fingerprint density at radius 3 is 2.70 bits per heavy atom. The summed E-state index contributed by atoms with van der Waals surface area (Å²) < 4.78 is 7.16. The van der Waals surface area contributed by atoms with Crippen LogP contribution in [0.2, 0.25) is 0 Å². The van der Waals surface area contributed by atoms with Gasteiger partial charge >= 0.3 is 0 Å². The molecular formula is C16H17N3O. The number of nitrogen functional groups attached to an aromatic ring is 1. The zero-order chi connectivity index (χ0) is 13.8. The first-order valence-electron chi connectivity index (χ1n) is 6.74. The number of rotatable bonds is 5. The van der Waals surface area contributed by atoms with Crippen molar-refractivity contribution in [3.63, 3.8) is 0 Å². The summed E-state index contributed by atoms with van der Waals surface area (Å²) in [5.41, 5.74) is 8.11. The molecule has 0 bridgehead atoms. The molecule has 3 aromatic rings. The Kier molecular flexibility index (Phi) is 3.54. The molecule has 0 radical (unpaired) electrons. The molecule has 0 aliphatic rings. The SMILES string of the molecule is Nc1cc(-c2ccco2)nn1CCCc1ccccc1. The summed E-state index contributed by atoms with van der Waals surface area (Å²) in [5.74, 6) is 1.42. The fraction of sp³-hybridized carbons (Fsp3) is 0.188. The van der Waals surface area contributed by atoms with E-state index in [2.05, 4.69) is 29.4 Å². The molecule has 0 unspecified atom stereocenters. The second-order valence-electron chi connectivity index (χ2n) is 4.74. The minimum atomic E-state index is 0.671. The predicted molar refractivity (Wildman–Crippen MR) is 79.1 cm³/mol. The Labute approximate surface area is 117 Å². The second-order valence-corrected chi connectivity index (χ2v) is 4.74. The highest BCUT2D eigenvalue weighted by Crippen LogP contribution is 2.20. The van der Waals surface area contributed by atoms with Crippen LogP contribution in [0.3, 0.4) is 0 Å². The zero-order valence-electron chi connectivity index (χ0n) is 11.2. The van der Waals surface area contributed by atoms with E-state index < -0.39 is 0 Å². The fourth-order valence-corrected chi connectivity index (χ4v) is 2.23. The summed E-state index contributed by atoms with van der Waals surface area (Å²) in [6.07, 6.45) is 3.67. The van der Waals surface area contributed by atoms with E-state index in [0.29, 0.717) is 5.82 Å². The van der Waals surface area contributed by atoms with E-state index in [0.717, 1.165) is 30.8 Å². The van der Waals surface area contributed by atoms with Crippen LogP contribution in [-0.2, 0) is 13.0 Å². The molecule has 0 aliphatic carbocycles. The first-order chi connectivity index (χ1) is 9.83. The lowest BCUT2D eigenvalue weighted by Gasteiger charge is -2.04. The highest BCUT2D eigenvalue weighted by atomic mass is 16.3. The molecule has 4 nitrogen and oxygen atoms in total. The quantitative estimate of drug-likeness (QED) is 0.771. The predicted octanol–water partition coefficient (Wildman–Crippen LogP) is 3.36. The molecule has 0 saturated heterocycles. The van der Waals surface area contributed by atoms with E-state index in [1.165, 1.54) is 5.56 Å². The Hall–Kier alpha value is -2.49. The molecule has 2 N–H and O–H groups in total. The van der Waals surface area contributed by atoms with E-state index in [9.17, 15) is 0 Å². The summed E-state index contributed by atoms with van der Waals surface area (Å²) in [4.78, 5) is 0. The molecule has 0 fully saturated rings. The van der Waals surface area contributed by atoms with Crippen LogP contribution in [0.1, 0.15) is 12.0 Å². The van der Waals surface area contributed by atoms with Crippen molar-refractivity contribution in [2.45, 2.75) is 19.4 Å². The Morgan fingerprint density at radius 2 is 1.95 bits per heavy atom. The number of nitrogens with two attached hydrogens (primary N) is 1. The molecule has 102 valence electrons. The largest absolute Gasteiger partial charge is 0.463 e. The average Bonchev–Trinajstić information content (AvgIpc) is 3.10. The van der Waals surface area contributed by atoms with Crippen LogP contribution in [0.15, 0.2) is 59.2 Å². The number of hydrogen-bond donors (Lipinski definition) is 1. The minimum Gasteiger partial charge on any atom is -0.463 e. The molecule has 1 aromatic carbocycles. The number of hydrogen-bond acceptors (Lipinski definition) is 3. The molecule has 0 atom stereocenters. The Balaban J connectivity index is 1.63. The van der Waals surface area contributed by atoms with Crippen molar-refractivity contribution >= 4 is 5.82 Å². The first kappa shape index (κ1) is 12.5. The molecular weight excluding hydrogens is 250 g/mol. The van der Waals surface area contributed by atoms with Gasteiger partial charge < -0.3 is 10.2 Å². The Bertz CT molecular complexity index is 656. The maximum absolute atomic E-state index is 5.99. The van der Waals surface area contributed by atoms with Gasteiger partial charge in [-0.25, -0.2) is 4.68 Å². The Morgan fingerprint density at radius 1 is 1.10 bits per heavy atom. The van der Waals surface area contributed by atoms with Crippen molar-refractivity contribution in [1.82, 2.24) is 9.78 Å². The summed E-state index contributed by atoms with van der Waals surface area (Å²) in [7, 11) is 0. The van der Waals surface area contributed by atoms with Gasteiger partial charge in [0.05, 0.1) is 6.26 Å². The van der Waals surface area contributed by atoms with Crippen LogP contribution in [0.5, 0.6) is 0 Å². The highest BCUT2D eigenvalue weighted by molar-refractivity contribution is 5.56. The molecule has 0 amide bonds. The maximum atomic E-state index is 5.99. The topological polar surface area (TPSA) is 57.0 Å². The fourth-order valence-electron chi connectivity index (χ4n) is 2.23. The van der Waals surface area contributed by atoms with Crippen LogP contribution in [0.25, 0.3) is 11.5 Å². The molecule has 3 rings (SSSR count). The lowest BCUT2D eigenvalue weighted by Crippen LogP contribution is -2.05. The van der Waals surface area contributed by atoms with Gasteiger partial charge in [0.2, 0.25) is 0 Å². The number of nitrogens with zero attached hydrogens (tertiary/aromatic N) is 2. The third-order valence-electron chi connectivity index (χ3n) is 3.26. The van der Waals surface area contributed by atoms with Crippen molar-refractivity contribution in [3.05, 3.63) is 60.4 Å². The molecule has 0 aliphatic heterocycles. The van der Waals surface area contributed by atoms with Gasteiger partial charge in [0.25, 0.3) is 0 Å². The summed E-state index contributed by atoms with van der Waals surface area (Å²) in [6.45, 7) is 0.807. The van der Waals surface area contributed by atoms with Crippen molar-refractivity contribution < 1.29 is 4.42 Å². The van der Waals surface area contributed by atoms with E-state index in [4.69, 9.17) is 10.2 Å². The van der Waals surface area contributed by atoms with Crippen LogP contribution in [0.4, 0.5) is 5.82 Å². The minimum absolute atomic E-state index is 0.671. The van der Waals surface area contributed by atoms with Crippen molar-refractivity contribution in [1.29, 1.82) is 0 Å². The van der Waals surface area contributed by atoms with Gasteiger partial charge in [0, 0.05) is 12.6 Å². The number of furan rings is 1. The maximum Gasteiger partial charge on any atom is 0.154 e. The van der Waals surface area contributed by atoms with Gasteiger partial charge in [-0.2, -0.15) is 5.10 Å². The van der Waals surface area contributed by atoms with E-state index in [-0.39, 0.29) is 0 Å². The number of aryl methyl sites for hydroxylation is 2. The zero-order valence-corrected chi connectivity index (χ0v) is 11.2. The summed E-state index contributed by atoms with van der Waals surface area (Å²) in [5, 5.41) is 4.48. The van der Waals surface area contributed by atoms with Gasteiger partial charge in [-0.05, 0) is 30.5 Å². The van der Waals surface area contributed by atoms with Crippen LogP contribution in [-0.4, -0.2) is 9.78 Å². The van der Waals surface area contributed by atoms with E-state index >= 15 is 0 Å². The molecule has 0 spiro atoms. The lowest BCUT2D eigenvalue weighted by molar-refractivity contribution is 0.565. The normalized spacial score (nSPS) is 10.8. The third-order valence-corrected chi connectivity index (χ3v) is 3.26. The monoisotopic (exact) mass is 267 g/mol. The highest BCUT2D eigenvalue weighted by Gasteiger charge is 2.08. The van der Waals surface area contributed by atoms with Crippen molar-refractivity contribution in [2.75, 3.05) is 5.73 Å². The van der Waals surface area contributed by atoms with E-state index in [1.54, 1.807) is 6.26 Å². The number of benzene rings is 1. The van der Waals surface area contributed by atoms with Crippen LogP contribution < -0.4 is 5.73 Å². The average molecular weight is 267 g/mol. The van der Waals surface area contributed by atoms with Gasteiger partial charge in [-0.3, -0.25) is 0 Å². The second kappa shape index (κ2) is 5.65. The lowest BCUT2D eigenvalue weighted by atomic mass is 10.1. The number of anilines is 1. The molecule has 2 heterocycles. The van der Waals surface area contributed by atoms with Crippen molar-refractivity contribution in [3.8, 4) is 11.5 Å². The molecule has 2 aromatic heterocycles. The van der Waals surface area contributed by atoms with Crippen LogP contribution >= 0.6 is 0 Å². The van der Waals surface area contributed by atoms with Gasteiger partial charge in [0.1, 0.15) is 11.5 Å². The van der Waals surface area contributed by atoms with Crippen LogP contribution in [0, 0.1) is 0 Å². The summed E-state index contributed by atoms with van der Waals surface area (Å²) in [6, 6.07) is 16.0. The molecule has 4 heteroatoms. The smallest absolute Gasteiger partial charge is 0.154 e. The van der Waals surface area contributed by atoms with Crippen molar-refractivity contribution in [2.24, 2.45) is 0 Å². The first-order valence-corrected chi connectivity index (χ1v) is 6.74. The summed E-state index contributed by atoms with van der Waals surface area (Å²) >= 11 is 0. The standard InChI is InChI=1S/C16H17N3O/c17-16-12-14(15-9-5-11-20-15)18-19(16)10-4-8-13-6-2-1-3-7-13/h1-3,5-7,9,11-12H,4,8,10,17H2. The van der Waals surface area contributed by atoms with Gasteiger partial charge in [-0.1, -0.05) is 30.3 Å².